The molecule has 2 saturated heterocycles. The molecule has 0 radical (unpaired) electrons. The number of likely N-dealkylation sites (tertiary alicyclic amines) is 1. The number of nitrogens with zero attached hydrogens (tertiary/aromatic N) is 6. The summed E-state index contributed by atoms with van der Waals surface area (Å²) in [4.78, 5) is 20.9. The fourth-order valence-corrected chi connectivity index (χ4v) is 5.12. The minimum atomic E-state index is 0.426. The first-order valence-corrected chi connectivity index (χ1v) is 12.9. The van der Waals surface area contributed by atoms with E-state index in [2.05, 4.69) is 81.5 Å². The number of nitrogens with one attached hydrogen (secondary N) is 1. The average molecular weight is 484 g/mol. The molecular formula is C29H37N7. The summed E-state index contributed by atoms with van der Waals surface area (Å²) in [6, 6.07) is 8.94. The largest absolute Gasteiger partial charge is 0.369 e. The number of rotatable bonds is 6. The van der Waals surface area contributed by atoms with Crippen LogP contribution in [0.15, 0.2) is 49.9 Å². The SMILES string of the molecule is C=C(c1ccc2ncnc(NC3CCN(C)CC3)c2c1)c1cc(C(=C)N2CCN(C)CC2)cnc1C. The molecule has 2 fully saturated rings. The van der Waals surface area contributed by atoms with E-state index in [0.717, 1.165) is 102 Å². The molecule has 2 aromatic heterocycles. The van der Waals surface area contributed by atoms with Gasteiger partial charge in [0.05, 0.1) is 5.52 Å². The van der Waals surface area contributed by atoms with Gasteiger partial charge in [-0.25, -0.2) is 9.97 Å². The van der Waals surface area contributed by atoms with Gasteiger partial charge < -0.3 is 20.0 Å². The third-order valence-electron chi connectivity index (χ3n) is 7.67. The normalized spacial score (nSPS) is 17.9. The zero-order valence-electron chi connectivity index (χ0n) is 21.8. The Morgan fingerprint density at radius 3 is 2.36 bits per heavy atom. The molecule has 188 valence electrons. The summed E-state index contributed by atoms with van der Waals surface area (Å²) in [6.45, 7) is 17.2. The lowest BCUT2D eigenvalue weighted by atomic mass is 9.95. The highest BCUT2D eigenvalue weighted by Crippen LogP contribution is 2.31. The van der Waals surface area contributed by atoms with E-state index in [0.29, 0.717) is 6.04 Å². The second kappa shape index (κ2) is 10.4. The third kappa shape index (κ3) is 5.13. The zero-order valence-corrected chi connectivity index (χ0v) is 21.8. The number of piperidine rings is 1. The van der Waals surface area contributed by atoms with Gasteiger partial charge in [0.15, 0.2) is 0 Å². The van der Waals surface area contributed by atoms with Crippen LogP contribution in [-0.2, 0) is 0 Å². The molecule has 1 N–H and O–H groups in total. The molecule has 5 rings (SSSR count). The van der Waals surface area contributed by atoms with Gasteiger partial charge in [0.1, 0.15) is 12.1 Å². The van der Waals surface area contributed by atoms with Crippen molar-refractivity contribution in [3.05, 3.63) is 72.3 Å². The van der Waals surface area contributed by atoms with Gasteiger partial charge in [-0.1, -0.05) is 19.2 Å². The summed E-state index contributed by atoms with van der Waals surface area (Å²) in [7, 11) is 4.35. The van der Waals surface area contributed by atoms with Crippen molar-refractivity contribution in [1.29, 1.82) is 0 Å². The highest BCUT2D eigenvalue weighted by atomic mass is 15.2. The second-order valence-electron chi connectivity index (χ2n) is 10.2. The summed E-state index contributed by atoms with van der Waals surface area (Å²) >= 11 is 0. The van der Waals surface area contributed by atoms with E-state index in [1.54, 1.807) is 6.33 Å². The first kappa shape index (κ1) is 24.4. The number of piperazine rings is 1. The van der Waals surface area contributed by atoms with Crippen LogP contribution in [0.1, 0.15) is 35.2 Å². The fraction of sp³-hybridized carbons (Fsp3) is 0.414. The highest BCUT2D eigenvalue weighted by Gasteiger charge is 2.20. The van der Waals surface area contributed by atoms with E-state index in [-0.39, 0.29) is 0 Å². The molecule has 7 nitrogen and oxygen atoms in total. The lowest BCUT2D eigenvalue weighted by molar-refractivity contribution is 0.207. The minimum absolute atomic E-state index is 0.426. The van der Waals surface area contributed by atoms with E-state index in [1.165, 1.54) is 0 Å². The molecule has 0 spiro atoms. The smallest absolute Gasteiger partial charge is 0.137 e. The van der Waals surface area contributed by atoms with Gasteiger partial charge >= 0.3 is 0 Å². The Hall–Kier alpha value is -3.29. The molecule has 0 bridgehead atoms. The molecule has 0 aliphatic carbocycles. The third-order valence-corrected chi connectivity index (χ3v) is 7.67. The number of hydrogen-bond donors (Lipinski definition) is 1. The first-order chi connectivity index (χ1) is 17.4. The standard InChI is InChI=1S/C29H37N7/c1-20(26-17-24(18-30-21(26)2)22(3)36-14-12-35(5)13-15-36)23-6-7-28-27(16-23)29(32-19-31-28)33-25-8-10-34(4)11-9-25/h6-7,16-19,25H,1,3,8-15H2,2,4-5H3,(H,31,32,33). The Bertz CT molecular complexity index is 1270. The van der Waals surface area contributed by atoms with Crippen LogP contribution in [0.25, 0.3) is 22.2 Å². The lowest BCUT2D eigenvalue weighted by Crippen LogP contribution is -2.43. The number of pyridine rings is 1. The predicted molar refractivity (Wildman–Crippen MR) is 149 cm³/mol. The summed E-state index contributed by atoms with van der Waals surface area (Å²) in [5, 5.41) is 4.71. The Morgan fingerprint density at radius 1 is 0.889 bits per heavy atom. The zero-order chi connectivity index (χ0) is 25.2. The fourth-order valence-electron chi connectivity index (χ4n) is 5.12. The molecule has 2 aliphatic rings. The molecule has 7 heteroatoms. The number of aromatic nitrogens is 3. The Labute approximate surface area is 214 Å². The lowest BCUT2D eigenvalue weighted by Gasteiger charge is -2.35. The Morgan fingerprint density at radius 2 is 1.61 bits per heavy atom. The maximum atomic E-state index is 4.72. The molecule has 0 amide bonds. The molecule has 0 atom stereocenters. The predicted octanol–water partition coefficient (Wildman–Crippen LogP) is 4.12. The minimum Gasteiger partial charge on any atom is -0.369 e. The number of aryl methyl sites for hydroxylation is 1. The summed E-state index contributed by atoms with van der Waals surface area (Å²) in [5.41, 5.74) is 7.02. The highest BCUT2D eigenvalue weighted by molar-refractivity contribution is 5.93. The molecule has 3 aromatic rings. The monoisotopic (exact) mass is 483 g/mol. The maximum Gasteiger partial charge on any atom is 0.137 e. The van der Waals surface area contributed by atoms with E-state index in [4.69, 9.17) is 4.98 Å². The van der Waals surface area contributed by atoms with Gasteiger partial charge in [0.25, 0.3) is 0 Å². The van der Waals surface area contributed by atoms with Crippen LogP contribution in [0.4, 0.5) is 5.82 Å². The van der Waals surface area contributed by atoms with Crippen molar-refractivity contribution >= 4 is 28.0 Å². The summed E-state index contributed by atoms with van der Waals surface area (Å²) in [5.74, 6) is 0.899. The molecule has 36 heavy (non-hydrogen) atoms. The van der Waals surface area contributed by atoms with Crippen LogP contribution in [-0.4, -0.2) is 89.1 Å². The van der Waals surface area contributed by atoms with Crippen molar-refractivity contribution in [2.45, 2.75) is 25.8 Å². The van der Waals surface area contributed by atoms with E-state index in [1.807, 2.05) is 13.1 Å². The van der Waals surface area contributed by atoms with E-state index >= 15 is 0 Å². The second-order valence-corrected chi connectivity index (χ2v) is 10.2. The van der Waals surface area contributed by atoms with Crippen molar-refractivity contribution in [2.75, 3.05) is 58.7 Å². The van der Waals surface area contributed by atoms with E-state index < -0.39 is 0 Å². The number of hydrogen-bond acceptors (Lipinski definition) is 7. The summed E-state index contributed by atoms with van der Waals surface area (Å²) < 4.78 is 0. The Balaban J connectivity index is 1.41. The molecule has 4 heterocycles. The molecule has 0 unspecified atom stereocenters. The molecule has 2 aliphatic heterocycles. The van der Waals surface area contributed by atoms with Crippen molar-refractivity contribution in [3.63, 3.8) is 0 Å². The number of likely N-dealkylation sites (N-methyl/N-ethyl adjacent to an activating group) is 1. The van der Waals surface area contributed by atoms with E-state index in [9.17, 15) is 0 Å². The number of benzene rings is 1. The quantitative estimate of drug-likeness (QED) is 0.566. The molecular weight excluding hydrogens is 446 g/mol. The summed E-state index contributed by atoms with van der Waals surface area (Å²) in [6.07, 6.45) is 5.81. The van der Waals surface area contributed by atoms with Gasteiger partial charge in [-0.2, -0.15) is 0 Å². The van der Waals surface area contributed by atoms with Crippen LogP contribution in [0, 0.1) is 6.92 Å². The van der Waals surface area contributed by atoms with Gasteiger partial charge in [-0.15, -0.1) is 0 Å². The Kier molecular flexibility index (Phi) is 7.03. The average Bonchev–Trinajstić information content (AvgIpc) is 2.90. The molecule has 1 aromatic carbocycles. The van der Waals surface area contributed by atoms with Crippen molar-refractivity contribution in [1.82, 2.24) is 29.7 Å². The van der Waals surface area contributed by atoms with Crippen molar-refractivity contribution in [2.24, 2.45) is 0 Å². The maximum absolute atomic E-state index is 4.72. The van der Waals surface area contributed by atoms with Crippen LogP contribution in [0.3, 0.4) is 0 Å². The van der Waals surface area contributed by atoms with Crippen LogP contribution >= 0.6 is 0 Å². The van der Waals surface area contributed by atoms with Gasteiger partial charge in [-0.3, -0.25) is 4.98 Å². The van der Waals surface area contributed by atoms with Crippen molar-refractivity contribution < 1.29 is 0 Å². The van der Waals surface area contributed by atoms with Crippen LogP contribution < -0.4 is 5.32 Å². The number of anilines is 1. The number of fused-ring (bicyclic) bond motifs is 1. The van der Waals surface area contributed by atoms with Gasteiger partial charge in [-0.05, 0) is 76.3 Å². The topological polar surface area (TPSA) is 60.4 Å². The molecule has 0 saturated carbocycles. The van der Waals surface area contributed by atoms with Crippen molar-refractivity contribution in [3.8, 4) is 0 Å². The van der Waals surface area contributed by atoms with Crippen LogP contribution in [0.2, 0.25) is 0 Å². The van der Waals surface area contributed by atoms with Gasteiger partial charge in [0, 0.05) is 66.3 Å². The first-order valence-electron chi connectivity index (χ1n) is 12.9. The van der Waals surface area contributed by atoms with Gasteiger partial charge in [0.2, 0.25) is 0 Å². The van der Waals surface area contributed by atoms with Crippen LogP contribution in [0.5, 0.6) is 0 Å².